The van der Waals surface area contributed by atoms with E-state index < -0.39 is 0 Å². The van der Waals surface area contributed by atoms with Crippen molar-refractivity contribution in [2.45, 2.75) is 12.1 Å². The first kappa shape index (κ1) is 12.5. The predicted octanol–water partition coefficient (Wildman–Crippen LogP) is 4.41. The third-order valence-corrected chi connectivity index (χ3v) is 3.75. The number of nitrogens with one attached hydrogen (secondary N) is 1. The van der Waals surface area contributed by atoms with Crippen LogP contribution in [0.2, 0.25) is 10.0 Å². The topological polar surface area (TPSA) is 24.4 Å². The summed E-state index contributed by atoms with van der Waals surface area (Å²) in [6, 6.07) is 15.9. The molecule has 1 N–H and O–H groups in total. The first-order chi connectivity index (χ1) is 9.24. The van der Waals surface area contributed by atoms with Gasteiger partial charge in [-0.1, -0.05) is 47.5 Å². The molecule has 96 valence electrons. The van der Waals surface area contributed by atoms with Crippen molar-refractivity contribution in [3.63, 3.8) is 0 Å². The van der Waals surface area contributed by atoms with Gasteiger partial charge in [0.05, 0.1) is 12.4 Å². The van der Waals surface area contributed by atoms with Gasteiger partial charge in [-0.05, 0) is 35.4 Å². The third-order valence-electron chi connectivity index (χ3n) is 3.25. The summed E-state index contributed by atoms with van der Waals surface area (Å²) in [5.41, 5.74) is 2.31. The summed E-state index contributed by atoms with van der Waals surface area (Å²) >= 11 is 11.8. The van der Waals surface area contributed by atoms with E-state index in [9.17, 15) is 0 Å². The van der Waals surface area contributed by atoms with Crippen LogP contribution in [0.3, 0.4) is 0 Å². The first-order valence-electron chi connectivity index (χ1n) is 6.03. The number of hydrogen-bond donors (Lipinski definition) is 1. The summed E-state index contributed by atoms with van der Waals surface area (Å²) < 4.78 is 0. The molecular weight excluding hydrogens is 279 g/mol. The molecule has 1 aliphatic heterocycles. The van der Waals surface area contributed by atoms with Gasteiger partial charge < -0.3 is 5.32 Å². The van der Waals surface area contributed by atoms with E-state index in [0.29, 0.717) is 0 Å². The second-order valence-corrected chi connectivity index (χ2v) is 5.34. The summed E-state index contributed by atoms with van der Waals surface area (Å²) in [5.74, 6) is 0. The Morgan fingerprint density at radius 3 is 1.89 bits per heavy atom. The molecule has 3 rings (SSSR count). The van der Waals surface area contributed by atoms with Gasteiger partial charge in [0.2, 0.25) is 0 Å². The molecule has 4 heteroatoms. The molecule has 1 heterocycles. The predicted molar refractivity (Wildman–Crippen MR) is 80.0 cm³/mol. The summed E-state index contributed by atoms with van der Waals surface area (Å²) in [5, 5.41) is 4.77. The fourth-order valence-electron chi connectivity index (χ4n) is 2.27. The SMILES string of the molecule is Clc1ccc([C@H]2NC=N[C@H]2c2ccc(Cl)cc2)cc1. The molecule has 0 saturated heterocycles. The molecule has 2 aromatic rings. The van der Waals surface area contributed by atoms with Crippen LogP contribution >= 0.6 is 23.2 Å². The highest BCUT2D eigenvalue weighted by Gasteiger charge is 2.26. The van der Waals surface area contributed by atoms with Crippen LogP contribution in [0.15, 0.2) is 53.5 Å². The molecule has 0 amide bonds. The standard InChI is InChI=1S/C15H12Cl2N2/c16-12-5-1-10(2-6-12)14-15(19-9-18-14)11-3-7-13(17)8-4-11/h1-9,14-15H,(H,18,19)/t14-,15+. The Bertz CT molecular complexity index is 591. The largest absolute Gasteiger partial charge is 0.367 e. The monoisotopic (exact) mass is 290 g/mol. The number of aliphatic imine (C=N–C) groups is 1. The molecule has 0 saturated carbocycles. The van der Waals surface area contributed by atoms with Crippen LogP contribution in [0, 0.1) is 0 Å². The van der Waals surface area contributed by atoms with Gasteiger partial charge in [-0.15, -0.1) is 0 Å². The molecule has 0 aromatic heterocycles. The van der Waals surface area contributed by atoms with Gasteiger partial charge in [-0.3, -0.25) is 4.99 Å². The van der Waals surface area contributed by atoms with Crippen molar-refractivity contribution >= 4 is 29.5 Å². The van der Waals surface area contributed by atoms with Crippen molar-refractivity contribution in [3.05, 3.63) is 69.7 Å². The molecule has 0 bridgehead atoms. The van der Waals surface area contributed by atoms with E-state index in [4.69, 9.17) is 23.2 Å². The molecule has 0 aliphatic carbocycles. The van der Waals surface area contributed by atoms with E-state index in [1.54, 1.807) is 6.34 Å². The lowest BCUT2D eigenvalue weighted by Gasteiger charge is -2.19. The lowest BCUT2D eigenvalue weighted by atomic mass is 9.95. The smallest absolute Gasteiger partial charge is 0.101 e. The first-order valence-corrected chi connectivity index (χ1v) is 6.78. The maximum Gasteiger partial charge on any atom is 0.101 e. The molecule has 19 heavy (non-hydrogen) atoms. The van der Waals surface area contributed by atoms with Gasteiger partial charge in [-0.25, -0.2) is 0 Å². The minimum atomic E-state index is 0.0680. The van der Waals surface area contributed by atoms with Crippen molar-refractivity contribution in [3.8, 4) is 0 Å². The zero-order chi connectivity index (χ0) is 13.2. The van der Waals surface area contributed by atoms with Gasteiger partial charge in [0.1, 0.15) is 6.04 Å². The molecule has 2 nitrogen and oxygen atoms in total. The number of hydrogen-bond acceptors (Lipinski definition) is 2. The molecular formula is C15H12Cl2N2. The van der Waals surface area contributed by atoms with Crippen molar-refractivity contribution in [1.82, 2.24) is 5.32 Å². The van der Waals surface area contributed by atoms with Crippen LogP contribution in [-0.4, -0.2) is 6.34 Å². The van der Waals surface area contributed by atoms with Crippen LogP contribution < -0.4 is 5.32 Å². The van der Waals surface area contributed by atoms with Crippen LogP contribution in [0.4, 0.5) is 0 Å². The maximum absolute atomic E-state index is 5.92. The fraction of sp³-hybridized carbons (Fsp3) is 0.133. The van der Waals surface area contributed by atoms with Crippen LogP contribution in [0.1, 0.15) is 23.2 Å². The highest BCUT2D eigenvalue weighted by Crippen LogP contribution is 2.35. The van der Waals surface area contributed by atoms with Gasteiger partial charge in [0, 0.05) is 10.0 Å². The zero-order valence-electron chi connectivity index (χ0n) is 10.1. The van der Waals surface area contributed by atoms with Gasteiger partial charge in [-0.2, -0.15) is 0 Å². The molecule has 2 aromatic carbocycles. The van der Waals surface area contributed by atoms with E-state index in [1.165, 1.54) is 5.56 Å². The van der Waals surface area contributed by atoms with Gasteiger partial charge in [0.15, 0.2) is 0 Å². The lowest BCUT2D eigenvalue weighted by Crippen LogP contribution is -2.18. The average molecular weight is 291 g/mol. The normalized spacial score (nSPS) is 21.4. The quantitative estimate of drug-likeness (QED) is 0.871. The third kappa shape index (κ3) is 2.60. The van der Waals surface area contributed by atoms with E-state index in [0.717, 1.165) is 15.6 Å². The molecule has 1 aliphatic rings. The Morgan fingerprint density at radius 2 is 1.32 bits per heavy atom. The highest BCUT2D eigenvalue weighted by molar-refractivity contribution is 6.30. The van der Waals surface area contributed by atoms with Crippen molar-refractivity contribution in [2.75, 3.05) is 0 Å². The summed E-state index contributed by atoms with van der Waals surface area (Å²) in [7, 11) is 0. The molecule has 0 fully saturated rings. The summed E-state index contributed by atoms with van der Waals surface area (Å²) in [6.45, 7) is 0. The zero-order valence-corrected chi connectivity index (χ0v) is 11.6. The number of benzene rings is 2. The minimum Gasteiger partial charge on any atom is -0.367 e. The Kier molecular flexibility index (Phi) is 3.45. The second kappa shape index (κ2) is 5.24. The van der Waals surface area contributed by atoms with E-state index in [-0.39, 0.29) is 12.1 Å². The molecule has 0 radical (unpaired) electrons. The Morgan fingerprint density at radius 1 is 0.789 bits per heavy atom. The van der Waals surface area contributed by atoms with Crippen molar-refractivity contribution in [1.29, 1.82) is 0 Å². The van der Waals surface area contributed by atoms with Gasteiger partial charge in [0.25, 0.3) is 0 Å². The van der Waals surface area contributed by atoms with E-state index in [1.807, 2.05) is 48.5 Å². The van der Waals surface area contributed by atoms with Gasteiger partial charge >= 0.3 is 0 Å². The Hall–Kier alpha value is -1.51. The molecule has 0 unspecified atom stereocenters. The minimum absolute atomic E-state index is 0.0680. The van der Waals surface area contributed by atoms with Crippen molar-refractivity contribution in [2.24, 2.45) is 4.99 Å². The van der Waals surface area contributed by atoms with Crippen molar-refractivity contribution < 1.29 is 0 Å². The average Bonchev–Trinajstić information content (AvgIpc) is 2.90. The maximum atomic E-state index is 5.92. The number of halogens is 2. The number of rotatable bonds is 2. The summed E-state index contributed by atoms with van der Waals surface area (Å²) in [4.78, 5) is 4.50. The van der Waals surface area contributed by atoms with E-state index in [2.05, 4.69) is 10.3 Å². The Labute approximate surface area is 122 Å². The summed E-state index contributed by atoms with van der Waals surface area (Å²) in [6.07, 6.45) is 1.76. The number of nitrogens with zero attached hydrogens (tertiary/aromatic N) is 1. The van der Waals surface area contributed by atoms with E-state index >= 15 is 0 Å². The van der Waals surface area contributed by atoms with Crippen LogP contribution in [0.25, 0.3) is 0 Å². The fourth-order valence-corrected chi connectivity index (χ4v) is 2.52. The Balaban J connectivity index is 1.90. The lowest BCUT2D eigenvalue weighted by molar-refractivity contribution is 0.573. The highest BCUT2D eigenvalue weighted by atomic mass is 35.5. The van der Waals surface area contributed by atoms with Crippen LogP contribution in [0.5, 0.6) is 0 Å². The second-order valence-electron chi connectivity index (χ2n) is 4.47. The van der Waals surface area contributed by atoms with Crippen LogP contribution in [-0.2, 0) is 0 Å². The molecule has 0 spiro atoms. The molecule has 2 atom stereocenters.